The lowest BCUT2D eigenvalue weighted by atomic mass is 9.74. The zero-order valence-electron chi connectivity index (χ0n) is 55.2. The fourth-order valence-corrected chi connectivity index (χ4v) is 12.8. The first-order valence-corrected chi connectivity index (χ1v) is 31.5. The topological polar surface area (TPSA) is 322 Å². The van der Waals surface area contributed by atoms with Crippen molar-refractivity contribution in [2.75, 3.05) is 47.6 Å². The standard InChI is InChI=1S/C64H100N6O20/c1-33(2)24-48(72)86-54-40(9)53(35(4)32-82-62-57(80-15)56(79-14)50(73)43(12)85-62)88-60(77)42(11)55(87-49-25-36(5)70(30-38(7)83-49)31-44-20-18-17-19-21-44)39(8)52(89-61-51(74)45(69-81-16)26-37(6)84-61)34(3)27-64(13,58(75)41(54)10)90-63(78)66-23-22-65-59(76)46-28-68-47(71)29-67-46/h17-21,28-29,33-43,49-57,61-62,73-74H,22-27,30-32H2,1-16H3,(H,65,76)(H,66,78)(H,68,71)/t34-,35-,36-,37+,38-,39+,40-,41+,42+,43+,49-,50+,51+,52-,53?,54+,55-,56+,57+,61-,62+,64-/m0/s1. The second-order valence-electron chi connectivity index (χ2n) is 25.6. The van der Waals surface area contributed by atoms with Gasteiger partial charge in [-0.2, -0.15) is 0 Å². The second-order valence-corrected chi connectivity index (χ2v) is 25.6. The lowest BCUT2D eigenvalue weighted by Crippen LogP contribution is -2.59. The average Bonchev–Trinajstić information content (AvgIpc) is 0.921. The molecule has 26 heteroatoms. The highest BCUT2D eigenvalue weighted by molar-refractivity contribution is 5.92. The molecule has 4 aliphatic heterocycles. The summed E-state index contributed by atoms with van der Waals surface area (Å²) >= 11 is 0. The summed E-state index contributed by atoms with van der Waals surface area (Å²) in [4.78, 5) is 88.0. The Morgan fingerprint density at radius 3 is 2.13 bits per heavy atom. The number of cyclic esters (lactones) is 1. The van der Waals surface area contributed by atoms with E-state index in [1.54, 1.807) is 48.5 Å². The molecule has 1 aromatic heterocycles. The largest absolute Gasteiger partial charge is 0.492 e. The van der Waals surface area contributed by atoms with Gasteiger partial charge in [0.05, 0.1) is 67.1 Å². The maximum Gasteiger partial charge on any atom is 0.408 e. The number of methoxy groups -OCH3 is 2. The number of Topliss-reactive ketones (excluding diaryl/α,β-unsaturated/α-hetero) is 1. The zero-order valence-corrected chi connectivity index (χ0v) is 55.2. The number of oxime groups is 1. The molecule has 1 unspecified atom stereocenters. The molecule has 4 aliphatic rings. The van der Waals surface area contributed by atoms with Gasteiger partial charge in [0.15, 0.2) is 30.3 Å². The van der Waals surface area contributed by atoms with Crippen molar-refractivity contribution in [2.45, 2.75) is 220 Å². The molecule has 1 aromatic carbocycles. The molecule has 0 bridgehead atoms. The van der Waals surface area contributed by atoms with E-state index in [2.05, 4.69) is 49.7 Å². The monoisotopic (exact) mass is 1270 g/mol. The molecule has 22 atom stereocenters. The number of ketones is 1. The number of ether oxygens (including phenoxy) is 11. The summed E-state index contributed by atoms with van der Waals surface area (Å²) in [5, 5.41) is 41.9. The summed E-state index contributed by atoms with van der Waals surface area (Å²) in [5.74, 6) is -9.11. The number of aliphatic hydroxyl groups excluding tert-OH is 2. The summed E-state index contributed by atoms with van der Waals surface area (Å²) in [7, 11) is 4.24. The Hall–Kier alpha value is -5.52. The van der Waals surface area contributed by atoms with Gasteiger partial charge in [-0.1, -0.05) is 84.0 Å². The number of nitrogens with zero attached hydrogens (tertiary/aromatic N) is 4. The maximum absolute atomic E-state index is 16.0. The van der Waals surface area contributed by atoms with Gasteiger partial charge in [0.1, 0.15) is 49.4 Å². The highest BCUT2D eigenvalue weighted by Crippen LogP contribution is 2.41. The van der Waals surface area contributed by atoms with E-state index < -0.39 is 151 Å². The van der Waals surface area contributed by atoms with Crippen LogP contribution in [0.1, 0.15) is 132 Å². The van der Waals surface area contributed by atoms with E-state index in [0.717, 1.165) is 18.0 Å². The molecule has 4 saturated heterocycles. The van der Waals surface area contributed by atoms with Crippen molar-refractivity contribution in [3.8, 4) is 5.88 Å². The highest BCUT2D eigenvalue weighted by atomic mass is 16.7. The molecule has 26 nitrogen and oxygen atoms in total. The van der Waals surface area contributed by atoms with Crippen LogP contribution >= 0.6 is 0 Å². The minimum atomic E-state index is -2.09. The van der Waals surface area contributed by atoms with Gasteiger partial charge in [-0.3, -0.25) is 24.1 Å². The number of alkyl carbamates (subject to hydrolysis) is 1. The first-order valence-electron chi connectivity index (χ1n) is 31.5. The Bertz CT molecular complexity index is 2640. The second kappa shape index (κ2) is 33.9. The van der Waals surface area contributed by atoms with Crippen molar-refractivity contribution in [1.29, 1.82) is 0 Å². The number of hydrogen-bond acceptors (Lipinski definition) is 24. The number of aromatic nitrogens is 2. The molecule has 4 fully saturated rings. The van der Waals surface area contributed by atoms with Crippen molar-refractivity contribution in [2.24, 2.45) is 46.6 Å². The van der Waals surface area contributed by atoms with Gasteiger partial charge in [0, 0.05) is 83.5 Å². The van der Waals surface area contributed by atoms with Crippen molar-refractivity contribution in [3.63, 3.8) is 0 Å². The molecule has 0 spiro atoms. The highest BCUT2D eigenvalue weighted by Gasteiger charge is 2.53. The lowest BCUT2D eigenvalue weighted by molar-refractivity contribution is -0.305. The van der Waals surface area contributed by atoms with E-state index >= 15 is 9.59 Å². The smallest absolute Gasteiger partial charge is 0.408 e. The van der Waals surface area contributed by atoms with Crippen molar-refractivity contribution < 1.29 is 96.2 Å². The number of esters is 2. The maximum atomic E-state index is 16.0. The van der Waals surface area contributed by atoms with Gasteiger partial charge in [-0.05, 0) is 65.4 Å². The number of amides is 2. The van der Waals surface area contributed by atoms with E-state index in [-0.39, 0.29) is 74.3 Å². The van der Waals surface area contributed by atoms with Crippen LogP contribution in [-0.2, 0) is 77.9 Å². The molecule has 0 saturated carbocycles. The number of hydrogen-bond donors (Lipinski definition) is 5. The number of carbonyl (C=O) groups is 5. The number of rotatable bonds is 21. The van der Waals surface area contributed by atoms with Crippen LogP contribution in [0, 0.1) is 41.4 Å². The van der Waals surface area contributed by atoms with Crippen LogP contribution in [0.4, 0.5) is 4.79 Å². The molecule has 506 valence electrons. The van der Waals surface area contributed by atoms with Gasteiger partial charge >= 0.3 is 18.0 Å². The molecule has 5 N–H and O–H groups in total. The van der Waals surface area contributed by atoms with Crippen LogP contribution in [-0.4, -0.2) is 211 Å². The summed E-state index contributed by atoms with van der Waals surface area (Å²) in [6.07, 6.45) is -12.7. The Balaban J connectivity index is 1.48. The van der Waals surface area contributed by atoms with Crippen LogP contribution in [0.25, 0.3) is 0 Å². The molecule has 2 amide bonds. The normalized spacial score (nSPS) is 36.0. The van der Waals surface area contributed by atoms with Gasteiger partial charge in [-0.15, -0.1) is 0 Å². The molecule has 0 radical (unpaired) electrons. The molecule has 0 aliphatic carbocycles. The van der Waals surface area contributed by atoms with Crippen LogP contribution in [0.5, 0.6) is 5.88 Å². The Labute approximate surface area is 529 Å². The van der Waals surface area contributed by atoms with Crippen LogP contribution in [0.3, 0.4) is 0 Å². The van der Waals surface area contributed by atoms with Gasteiger partial charge in [-0.25, -0.2) is 14.8 Å². The van der Waals surface area contributed by atoms with Gasteiger partial charge in [0.25, 0.3) is 5.91 Å². The number of nitrogens with one attached hydrogen (secondary N) is 2. The lowest BCUT2D eigenvalue weighted by Gasteiger charge is -2.45. The SMILES string of the molecule is CON=C1C[C@@H](C)O[C@@H](O[C@@H]2[C@@H](C)[C@H](O[C@H]3C[C@H](C)N(Cc4ccccc4)C[C@H](C)O3)[C@@H](C)C(=O)OC([C@@H](C)CO[C@@H]3O[C@H](C)[C@@H](O)[C@@H](OC)[C@H]3OC)[C@H](C)[C@@H](OC(=O)CC(C)C)[C@@H](C)C(=O)[C@@](C)(OC(=O)NCCNC(=O)c3cnc(O)cn3)C[C@@H]2C)[C@@H]1O. The van der Waals surface area contributed by atoms with Crippen LogP contribution in [0.2, 0.25) is 0 Å². The number of aromatic hydroxyl groups is 1. The predicted molar refractivity (Wildman–Crippen MR) is 325 cm³/mol. The predicted octanol–water partition coefficient (Wildman–Crippen LogP) is 5.50. The first kappa shape index (κ1) is 73.5. The molecule has 5 heterocycles. The van der Waals surface area contributed by atoms with E-state index in [9.17, 15) is 29.7 Å². The van der Waals surface area contributed by atoms with E-state index in [1.165, 1.54) is 28.3 Å². The van der Waals surface area contributed by atoms with E-state index in [0.29, 0.717) is 19.5 Å². The van der Waals surface area contributed by atoms with Crippen LogP contribution < -0.4 is 10.6 Å². The van der Waals surface area contributed by atoms with Crippen molar-refractivity contribution in [3.05, 3.63) is 54.0 Å². The van der Waals surface area contributed by atoms with Crippen molar-refractivity contribution in [1.82, 2.24) is 25.5 Å². The Morgan fingerprint density at radius 2 is 1.49 bits per heavy atom. The van der Waals surface area contributed by atoms with Crippen LogP contribution in [0.15, 0.2) is 47.9 Å². The fraction of sp³-hybridized carbons (Fsp3) is 0.750. The quantitative estimate of drug-likeness (QED) is 0.0446. The minimum Gasteiger partial charge on any atom is -0.492 e. The molecule has 6 rings (SSSR count). The fourth-order valence-electron chi connectivity index (χ4n) is 12.8. The third-order valence-electron chi connectivity index (χ3n) is 17.5. The van der Waals surface area contributed by atoms with E-state index in [4.69, 9.17) is 56.9 Å². The van der Waals surface area contributed by atoms with Crippen molar-refractivity contribution >= 4 is 35.4 Å². The molecule has 2 aromatic rings. The summed E-state index contributed by atoms with van der Waals surface area (Å²) in [5.41, 5.74) is -0.811. The third-order valence-corrected chi connectivity index (χ3v) is 17.5. The molecular weight excluding hydrogens is 1170 g/mol. The third kappa shape index (κ3) is 19.5. The number of carbonyl (C=O) groups excluding carboxylic acids is 5. The Kier molecular flexibility index (Phi) is 27.7. The summed E-state index contributed by atoms with van der Waals surface area (Å²) in [6.45, 7) is 23.7. The number of benzene rings is 1. The van der Waals surface area contributed by atoms with E-state index in [1.807, 2.05) is 45.9 Å². The summed E-state index contributed by atoms with van der Waals surface area (Å²) in [6, 6.07) is 10.0. The Morgan fingerprint density at radius 1 is 0.800 bits per heavy atom. The minimum absolute atomic E-state index is 0.0413. The van der Waals surface area contributed by atoms with Gasteiger partial charge < -0.3 is 82.9 Å². The molecular formula is C64H100N6O20. The van der Waals surface area contributed by atoms with Gasteiger partial charge in [0.2, 0.25) is 5.88 Å². The zero-order chi connectivity index (χ0) is 66.3. The molecule has 90 heavy (non-hydrogen) atoms. The average molecular weight is 1270 g/mol. The summed E-state index contributed by atoms with van der Waals surface area (Å²) < 4.78 is 70.9. The first-order chi connectivity index (χ1) is 42.6. The number of aliphatic hydroxyl groups is 2.